The van der Waals surface area contributed by atoms with Crippen LogP contribution in [0.4, 0.5) is 0 Å². The zero-order valence-electron chi connectivity index (χ0n) is 18.3. The van der Waals surface area contributed by atoms with Gasteiger partial charge in [-0.15, -0.1) is 0 Å². The number of benzene rings is 2. The number of amides is 1. The summed E-state index contributed by atoms with van der Waals surface area (Å²) in [5.74, 6) is 0.648. The van der Waals surface area contributed by atoms with Crippen LogP contribution in [-0.4, -0.2) is 53.9 Å². The lowest BCUT2D eigenvalue weighted by molar-refractivity contribution is 0.0939. The van der Waals surface area contributed by atoms with Gasteiger partial charge in [-0.25, -0.2) is 4.68 Å². The van der Waals surface area contributed by atoms with Crippen molar-refractivity contribution in [3.05, 3.63) is 65.9 Å². The van der Waals surface area contributed by atoms with E-state index in [2.05, 4.69) is 10.2 Å². The van der Waals surface area contributed by atoms with Gasteiger partial charge in [-0.3, -0.25) is 4.79 Å². The van der Waals surface area contributed by atoms with E-state index in [1.54, 1.807) is 11.8 Å². The summed E-state index contributed by atoms with van der Waals surface area (Å²) in [6.45, 7) is 5.79. The van der Waals surface area contributed by atoms with Gasteiger partial charge in [0.05, 0.1) is 18.5 Å². The van der Waals surface area contributed by atoms with Crippen LogP contribution in [0, 0.1) is 6.92 Å². The summed E-state index contributed by atoms with van der Waals surface area (Å²) in [5, 5.41) is 7.87. The SMILES string of the molecule is COc1cccc(-c2cc(C(=O)NCCN3CCCCC3)n(-c3cccc(C)c3)n2)c1. The summed E-state index contributed by atoms with van der Waals surface area (Å²) < 4.78 is 7.09. The van der Waals surface area contributed by atoms with Crippen LogP contribution >= 0.6 is 0 Å². The Bertz CT molecular complexity index is 1040. The number of aromatic nitrogens is 2. The predicted molar refractivity (Wildman–Crippen MR) is 123 cm³/mol. The van der Waals surface area contributed by atoms with Crippen LogP contribution in [0.3, 0.4) is 0 Å². The van der Waals surface area contributed by atoms with Crippen molar-refractivity contribution in [3.63, 3.8) is 0 Å². The number of ether oxygens (including phenoxy) is 1. The molecule has 0 aliphatic carbocycles. The Labute approximate surface area is 183 Å². The maximum atomic E-state index is 13.1. The monoisotopic (exact) mass is 418 g/mol. The maximum absolute atomic E-state index is 13.1. The third-order valence-electron chi connectivity index (χ3n) is 5.72. The highest BCUT2D eigenvalue weighted by molar-refractivity contribution is 5.94. The minimum atomic E-state index is -0.111. The number of hydrogen-bond acceptors (Lipinski definition) is 4. The average Bonchev–Trinajstić information content (AvgIpc) is 3.26. The fourth-order valence-corrected chi connectivity index (χ4v) is 4.02. The number of piperidine rings is 1. The highest BCUT2D eigenvalue weighted by Crippen LogP contribution is 2.25. The molecular weight excluding hydrogens is 388 g/mol. The Balaban J connectivity index is 1.59. The standard InChI is InChI=1S/C25H30N4O2/c1-19-8-6-10-21(16-19)29-24(25(30)26-12-15-28-13-4-3-5-14-28)18-23(27-29)20-9-7-11-22(17-20)31-2/h6-11,16-18H,3-5,12-15H2,1-2H3,(H,26,30). The Kier molecular flexibility index (Phi) is 6.67. The molecule has 0 unspecified atom stereocenters. The Morgan fingerprint density at radius 2 is 1.87 bits per heavy atom. The van der Waals surface area contributed by atoms with E-state index in [1.807, 2.05) is 61.5 Å². The Hall–Kier alpha value is -3.12. The van der Waals surface area contributed by atoms with Gasteiger partial charge in [-0.2, -0.15) is 5.10 Å². The van der Waals surface area contributed by atoms with E-state index in [9.17, 15) is 4.79 Å². The summed E-state index contributed by atoms with van der Waals surface area (Å²) in [4.78, 5) is 15.5. The first-order chi connectivity index (χ1) is 15.1. The van der Waals surface area contributed by atoms with Gasteiger partial charge in [0.1, 0.15) is 11.4 Å². The van der Waals surface area contributed by atoms with Crippen LogP contribution in [-0.2, 0) is 0 Å². The molecule has 1 saturated heterocycles. The molecule has 0 spiro atoms. The van der Waals surface area contributed by atoms with Crippen LogP contribution in [0.1, 0.15) is 35.3 Å². The molecule has 0 radical (unpaired) electrons. The second kappa shape index (κ2) is 9.79. The summed E-state index contributed by atoms with van der Waals surface area (Å²) in [7, 11) is 1.64. The van der Waals surface area contributed by atoms with E-state index in [1.165, 1.54) is 19.3 Å². The maximum Gasteiger partial charge on any atom is 0.270 e. The molecule has 4 rings (SSSR count). The first-order valence-corrected chi connectivity index (χ1v) is 11.0. The summed E-state index contributed by atoms with van der Waals surface area (Å²) in [6, 6.07) is 17.6. The largest absolute Gasteiger partial charge is 0.497 e. The third kappa shape index (κ3) is 5.14. The topological polar surface area (TPSA) is 59.4 Å². The molecule has 6 heteroatoms. The van der Waals surface area contributed by atoms with Crippen molar-refractivity contribution in [2.24, 2.45) is 0 Å². The summed E-state index contributed by atoms with van der Waals surface area (Å²) >= 11 is 0. The smallest absolute Gasteiger partial charge is 0.270 e. The minimum Gasteiger partial charge on any atom is -0.497 e. The third-order valence-corrected chi connectivity index (χ3v) is 5.72. The molecule has 0 saturated carbocycles. The number of carbonyl (C=O) groups is 1. The van der Waals surface area contributed by atoms with E-state index in [0.717, 1.165) is 47.9 Å². The van der Waals surface area contributed by atoms with Gasteiger partial charge < -0.3 is 15.0 Å². The van der Waals surface area contributed by atoms with Gasteiger partial charge in [0, 0.05) is 18.7 Å². The number of nitrogens with zero attached hydrogens (tertiary/aromatic N) is 3. The van der Waals surface area contributed by atoms with Crippen molar-refractivity contribution in [3.8, 4) is 22.7 Å². The van der Waals surface area contributed by atoms with E-state index in [0.29, 0.717) is 12.2 Å². The van der Waals surface area contributed by atoms with Crippen LogP contribution in [0.2, 0.25) is 0 Å². The van der Waals surface area contributed by atoms with Crippen LogP contribution in [0.25, 0.3) is 16.9 Å². The predicted octanol–water partition coefficient (Wildman–Crippen LogP) is 4.07. The molecule has 1 fully saturated rings. The quantitative estimate of drug-likeness (QED) is 0.628. The van der Waals surface area contributed by atoms with Crippen molar-refractivity contribution >= 4 is 5.91 Å². The van der Waals surface area contributed by atoms with E-state index >= 15 is 0 Å². The van der Waals surface area contributed by atoms with Gasteiger partial charge in [0.2, 0.25) is 0 Å². The Morgan fingerprint density at radius 3 is 2.65 bits per heavy atom. The number of rotatable bonds is 7. The molecule has 1 aromatic heterocycles. The lowest BCUT2D eigenvalue weighted by atomic mass is 10.1. The second-order valence-electron chi connectivity index (χ2n) is 8.06. The molecule has 1 N–H and O–H groups in total. The zero-order valence-corrected chi connectivity index (χ0v) is 18.3. The molecule has 1 amide bonds. The average molecular weight is 419 g/mol. The first-order valence-electron chi connectivity index (χ1n) is 11.0. The molecule has 1 aliphatic heterocycles. The second-order valence-corrected chi connectivity index (χ2v) is 8.06. The van der Waals surface area contributed by atoms with Crippen molar-refractivity contribution < 1.29 is 9.53 Å². The molecule has 1 aliphatic rings. The zero-order chi connectivity index (χ0) is 21.6. The van der Waals surface area contributed by atoms with Gasteiger partial charge in [-0.1, -0.05) is 30.7 Å². The molecule has 6 nitrogen and oxygen atoms in total. The fraction of sp³-hybridized carbons (Fsp3) is 0.360. The van der Waals surface area contributed by atoms with Gasteiger partial charge in [0.25, 0.3) is 5.91 Å². The molecule has 2 heterocycles. The number of methoxy groups -OCH3 is 1. The number of aryl methyl sites for hydroxylation is 1. The number of carbonyl (C=O) groups excluding carboxylic acids is 1. The van der Waals surface area contributed by atoms with Crippen molar-refractivity contribution in [2.75, 3.05) is 33.3 Å². The lowest BCUT2D eigenvalue weighted by Crippen LogP contribution is -2.38. The van der Waals surface area contributed by atoms with E-state index < -0.39 is 0 Å². The minimum absolute atomic E-state index is 0.111. The molecular formula is C25H30N4O2. The molecule has 162 valence electrons. The highest BCUT2D eigenvalue weighted by Gasteiger charge is 2.18. The normalized spacial score (nSPS) is 14.4. The number of nitrogens with one attached hydrogen (secondary N) is 1. The van der Waals surface area contributed by atoms with Crippen molar-refractivity contribution in [1.29, 1.82) is 0 Å². The van der Waals surface area contributed by atoms with Crippen LogP contribution in [0.15, 0.2) is 54.6 Å². The van der Waals surface area contributed by atoms with Crippen molar-refractivity contribution in [2.45, 2.75) is 26.2 Å². The number of hydrogen-bond donors (Lipinski definition) is 1. The number of likely N-dealkylation sites (tertiary alicyclic amines) is 1. The van der Waals surface area contributed by atoms with Gasteiger partial charge in [-0.05, 0) is 68.8 Å². The Morgan fingerprint density at radius 1 is 1.06 bits per heavy atom. The van der Waals surface area contributed by atoms with Gasteiger partial charge in [0.15, 0.2) is 0 Å². The molecule has 3 aromatic rings. The van der Waals surface area contributed by atoms with E-state index in [4.69, 9.17) is 9.84 Å². The van der Waals surface area contributed by atoms with Crippen molar-refractivity contribution in [1.82, 2.24) is 20.0 Å². The summed E-state index contributed by atoms with van der Waals surface area (Å²) in [5.41, 5.74) is 4.17. The highest BCUT2D eigenvalue weighted by atomic mass is 16.5. The van der Waals surface area contributed by atoms with Crippen LogP contribution < -0.4 is 10.1 Å². The summed E-state index contributed by atoms with van der Waals surface area (Å²) in [6.07, 6.45) is 3.81. The molecule has 2 aromatic carbocycles. The lowest BCUT2D eigenvalue weighted by Gasteiger charge is -2.26. The first kappa shape index (κ1) is 21.1. The van der Waals surface area contributed by atoms with E-state index in [-0.39, 0.29) is 5.91 Å². The molecule has 0 bridgehead atoms. The van der Waals surface area contributed by atoms with Crippen LogP contribution in [0.5, 0.6) is 5.75 Å². The molecule has 31 heavy (non-hydrogen) atoms. The molecule has 0 atom stereocenters. The fourth-order valence-electron chi connectivity index (χ4n) is 4.02. The van der Waals surface area contributed by atoms with Gasteiger partial charge >= 0.3 is 0 Å².